The third-order valence-corrected chi connectivity index (χ3v) is 6.74. The number of pyridine rings is 1. The van der Waals surface area contributed by atoms with Crippen LogP contribution < -0.4 is 0 Å². The van der Waals surface area contributed by atoms with E-state index in [1.54, 1.807) is 0 Å². The molecule has 0 saturated carbocycles. The molecule has 176 valence electrons. The first-order valence-corrected chi connectivity index (χ1v) is 11.8. The second-order valence-corrected chi connectivity index (χ2v) is 8.80. The maximum absolute atomic E-state index is 5.21. The molecule has 8 aromatic rings. The van der Waals surface area contributed by atoms with Gasteiger partial charge in [0.25, 0.3) is 0 Å². The van der Waals surface area contributed by atoms with E-state index in [-0.39, 0.29) is 21.1 Å². The van der Waals surface area contributed by atoms with Crippen LogP contribution in [-0.2, 0) is 21.1 Å². The predicted molar refractivity (Wildman–Crippen MR) is 143 cm³/mol. The largest absolute Gasteiger partial charge is 2.00 e. The summed E-state index contributed by atoms with van der Waals surface area (Å²) in [6, 6.07) is 41.2. The molecule has 8 rings (SSSR count). The third kappa shape index (κ3) is 3.17. The zero-order valence-corrected chi connectivity index (χ0v) is 21.6. The number of rotatable bonds is 2. The Morgan fingerprint density at radius 1 is 0.595 bits per heavy atom. The minimum absolute atomic E-state index is 0. The molecule has 0 N–H and O–H groups in total. The minimum atomic E-state index is 0. The van der Waals surface area contributed by atoms with E-state index in [9.17, 15) is 0 Å². The Morgan fingerprint density at radius 3 is 2.32 bits per heavy atom. The molecule has 0 spiro atoms. The molecule has 4 heterocycles. The number of para-hydroxylation sites is 3. The van der Waals surface area contributed by atoms with E-state index in [0.29, 0.717) is 0 Å². The number of nitrogens with zero attached hydrogens (tertiary/aromatic N) is 5. The van der Waals surface area contributed by atoms with Crippen molar-refractivity contribution in [1.29, 1.82) is 0 Å². The normalized spacial score (nSPS) is 11.6. The van der Waals surface area contributed by atoms with E-state index in [1.807, 2.05) is 60.7 Å². The topological polar surface area (TPSA) is 47.5 Å². The summed E-state index contributed by atoms with van der Waals surface area (Å²) < 4.78 is 4.34. The van der Waals surface area contributed by atoms with E-state index < -0.39 is 0 Å². The van der Waals surface area contributed by atoms with E-state index in [4.69, 9.17) is 15.0 Å². The van der Waals surface area contributed by atoms with Crippen LogP contribution in [0.15, 0.2) is 103 Å². The zero-order chi connectivity index (χ0) is 23.6. The summed E-state index contributed by atoms with van der Waals surface area (Å²) in [5.74, 6) is 0.809. The van der Waals surface area contributed by atoms with Crippen molar-refractivity contribution < 1.29 is 21.1 Å². The second-order valence-electron chi connectivity index (χ2n) is 8.80. The summed E-state index contributed by atoms with van der Waals surface area (Å²) in [6.07, 6.45) is 0. The molecular weight excluding hydrogens is 637 g/mol. The molecule has 0 fully saturated rings. The average molecular weight is 655 g/mol. The summed E-state index contributed by atoms with van der Waals surface area (Å²) in [6.45, 7) is 0. The number of benzene rings is 4. The quantitative estimate of drug-likeness (QED) is 0.194. The van der Waals surface area contributed by atoms with Crippen LogP contribution in [0.4, 0.5) is 0 Å². The van der Waals surface area contributed by atoms with Gasteiger partial charge in [-0.25, -0.2) is 4.98 Å². The molecule has 6 heteroatoms. The molecular formula is C31H17N5Pt. The van der Waals surface area contributed by atoms with Crippen molar-refractivity contribution >= 4 is 44.4 Å². The molecule has 4 aromatic carbocycles. The van der Waals surface area contributed by atoms with Gasteiger partial charge in [0.1, 0.15) is 11.2 Å². The van der Waals surface area contributed by atoms with Crippen LogP contribution in [0.3, 0.4) is 0 Å². The fourth-order valence-electron chi connectivity index (χ4n) is 5.16. The van der Waals surface area contributed by atoms with Crippen molar-refractivity contribution in [1.82, 2.24) is 23.8 Å². The fourth-order valence-corrected chi connectivity index (χ4v) is 5.16. The number of fused-ring (bicyclic) bond motifs is 10. The molecule has 5 nitrogen and oxygen atoms in total. The van der Waals surface area contributed by atoms with Gasteiger partial charge in [0.15, 0.2) is 0 Å². The van der Waals surface area contributed by atoms with Gasteiger partial charge in [-0.05, 0) is 41.0 Å². The molecule has 0 aliphatic rings. The smallest absolute Gasteiger partial charge is 0.296 e. The summed E-state index contributed by atoms with van der Waals surface area (Å²) >= 11 is 0. The van der Waals surface area contributed by atoms with Crippen LogP contribution in [0.5, 0.6) is 0 Å². The molecule has 0 aliphatic heterocycles. The summed E-state index contributed by atoms with van der Waals surface area (Å²) in [4.78, 5) is 15.2. The van der Waals surface area contributed by atoms with Gasteiger partial charge >= 0.3 is 21.1 Å². The van der Waals surface area contributed by atoms with Gasteiger partial charge in [-0.1, -0.05) is 36.4 Å². The van der Waals surface area contributed by atoms with Crippen LogP contribution in [-0.4, -0.2) is 23.8 Å². The molecule has 0 bridgehead atoms. The number of hydrogen-bond donors (Lipinski definition) is 0. The van der Waals surface area contributed by atoms with E-state index >= 15 is 0 Å². The molecule has 4 aromatic heterocycles. The van der Waals surface area contributed by atoms with Crippen LogP contribution in [0, 0.1) is 12.1 Å². The SMILES string of the molecule is [Pt+2].[c-]1ccccc1-c1cccc(-c2cccc3c2nc2n3c3ccccc3c3nc4ccc[c-]c4n32)n1. The van der Waals surface area contributed by atoms with E-state index in [2.05, 4.69) is 63.4 Å². The van der Waals surface area contributed by atoms with Gasteiger partial charge < -0.3 is 0 Å². The van der Waals surface area contributed by atoms with Gasteiger partial charge in [-0.2, -0.15) is 18.2 Å². The fraction of sp³-hybridized carbons (Fsp3) is 0. The third-order valence-electron chi connectivity index (χ3n) is 6.74. The Hall–Kier alpha value is -4.34. The van der Waals surface area contributed by atoms with Gasteiger partial charge in [-0.15, -0.1) is 42.0 Å². The number of imidazole rings is 2. The van der Waals surface area contributed by atoms with Gasteiger partial charge in [0, 0.05) is 10.9 Å². The van der Waals surface area contributed by atoms with Crippen LogP contribution in [0.1, 0.15) is 0 Å². The van der Waals surface area contributed by atoms with Gasteiger partial charge in [0.2, 0.25) is 5.78 Å². The van der Waals surface area contributed by atoms with Crippen LogP contribution in [0.25, 0.3) is 66.9 Å². The van der Waals surface area contributed by atoms with Gasteiger partial charge in [-0.3, -0.25) is 18.8 Å². The van der Waals surface area contributed by atoms with E-state index in [0.717, 1.165) is 66.9 Å². The molecule has 0 saturated heterocycles. The monoisotopic (exact) mass is 654 g/mol. The van der Waals surface area contributed by atoms with Crippen molar-refractivity contribution in [3.05, 3.63) is 115 Å². The molecule has 0 amide bonds. The Labute approximate surface area is 226 Å². The number of hydrogen-bond acceptors (Lipinski definition) is 3. The first-order valence-electron chi connectivity index (χ1n) is 11.8. The van der Waals surface area contributed by atoms with Gasteiger partial charge in [0.05, 0.1) is 16.7 Å². The number of aromatic nitrogens is 5. The Bertz CT molecular complexity index is 2110. The standard InChI is InChI=1S/C31H17N5.Pt/c1-2-10-20(11-3-1)23-15-9-16-24(32-23)21-13-8-19-28-29(21)34-31-35(28)26-17-6-4-12-22(26)30-33-25-14-5-7-18-27(25)36(30)31;/h1-10,12-17,19H;/q-2;+2. The Balaban J connectivity index is 0.00000231. The van der Waals surface area contributed by atoms with E-state index in [1.165, 1.54) is 0 Å². The van der Waals surface area contributed by atoms with Crippen molar-refractivity contribution in [2.75, 3.05) is 0 Å². The summed E-state index contributed by atoms with van der Waals surface area (Å²) in [7, 11) is 0. The maximum atomic E-state index is 5.21. The molecule has 0 unspecified atom stereocenters. The van der Waals surface area contributed by atoms with Crippen LogP contribution >= 0.6 is 0 Å². The Kier molecular flexibility index (Phi) is 4.95. The Morgan fingerprint density at radius 2 is 1.41 bits per heavy atom. The van der Waals surface area contributed by atoms with Crippen molar-refractivity contribution in [3.63, 3.8) is 0 Å². The zero-order valence-electron chi connectivity index (χ0n) is 19.4. The van der Waals surface area contributed by atoms with Crippen LogP contribution in [0.2, 0.25) is 0 Å². The second kappa shape index (κ2) is 8.36. The first kappa shape index (κ1) is 21.9. The first-order chi connectivity index (χ1) is 17.9. The summed E-state index contributed by atoms with van der Waals surface area (Å²) in [5, 5.41) is 1.07. The van der Waals surface area contributed by atoms with Crippen molar-refractivity contribution in [3.8, 4) is 22.5 Å². The molecule has 37 heavy (non-hydrogen) atoms. The van der Waals surface area contributed by atoms with Crippen molar-refractivity contribution in [2.24, 2.45) is 0 Å². The predicted octanol–water partition coefficient (Wildman–Crippen LogP) is 6.77. The summed E-state index contributed by atoms with van der Waals surface area (Å²) in [5.41, 5.74) is 9.40. The molecule has 0 aliphatic carbocycles. The maximum Gasteiger partial charge on any atom is 2.00 e. The average Bonchev–Trinajstić information content (AvgIpc) is 3.53. The minimum Gasteiger partial charge on any atom is -0.296 e. The molecule has 0 radical (unpaired) electrons. The van der Waals surface area contributed by atoms with Crippen molar-refractivity contribution in [2.45, 2.75) is 0 Å². The molecule has 0 atom stereocenters.